The minimum atomic E-state index is -4.55. The van der Waals surface area contributed by atoms with Crippen LogP contribution in [0.5, 0.6) is 0 Å². The van der Waals surface area contributed by atoms with Crippen LogP contribution in [-0.2, 0) is 11.0 Å². The number of hydrogen-bond donors (Lipinski definition) is 1. The Hall–Kier alpha value is -2.45. The van der Waals surface area contributed by atoms with Crippen LogP contribution >= 0.6 is 0 Å². The van der Waals surface area contributed by atoms with Crippen molar-refractivity contribution in [3.8, 4) is 11.4 Å². The number of alkyl halides is 3. The van der Waals surface area contributed by atoms with Crippen molar-refractivity contribution in [3.05, 3.63) is 29.9 Å². The minimum absolute atomic E-state index is 0.0110. The molecule has 1 amide bonds. The second kappa shape index (κ2) is 7.43. The van der Waals surface area contributed by atoms with Gasteiger partial charge in [-0.2, -0.15) is 18.2 Å². The Morgan fingerprint density at radius 3 is 2.73 bits per heavy atom. The van der Waals surface area contributed by atoms with E-state index in [0.29, 0.717) is 0 Å². The first-order chi connectivity index (χ1) is 12.3. The van der Waals surface area contributed by atoms with E-state index in [9.17, 15) is 18.0 Å². The van der Waals surface area contributed by atoms with Crippen LogP contribution in [0.2, 0.25) is 0 Å². The van der Waals surface area contributed by atoms with Gasteiger partial charge in [0.05, 0.1) is 0 Å². The van der Waals surface area contributed by atoms with Crippen LogP contribution in [0, 0.1) is 5.92 Å². The highest BCUT2D eigenvalue weighted by Crippen LogP contribution is 2.30. The molecule has 3 rings (SSSR count). The van der Waals surface area contributed by atoms with Crippen molar-refractivity contribution in [2.24, 2.45) is 5.92 Å². The number of carbonyl (C=O) groups excluding carboxylic acids is 1. The lowest BCUT2D eigenvalue weighted by Crippen LogP contribution is -2.33. The Balaban J connectivity index is 1.70. The summed E-state index contributed by atoms with van der Waals surface area (Å²) in [7, 11) is 0. The van der Waals surface area contributed by atoms with Crippen LogP contribution in [0.4, 0.5) is 13.2 Å². The number of carbonyl (C=O) groups is 1. The average Bonchev–Trinajstić information content (AvgIpc) is 3.12. The first kappa shape index (κ1) is 18.3. The van der Waals surface area contributed by atoms with Crippen LogP contribution < -0.4 is 5.32 Å². The molecule has 9 heteroatoms. The molecule has 0 saturated heterocycles. The van der Waals surface area contributed by atoms with Crippen LogP contribution in [0.1, 0.15) is 56.7 Å². The molecule has 2 heterocycles. The molecule has 0 spiro atoms. The molecule has 1 fully saturated rings. The molecular formula is C17H19F3N4O2. The van der Waals surface area contributed by atoms with Gasteiger partial charge in [-0.15, -0.1) is 0 Å². The maximum Gasteiger partial charge on any atom is 0.433 e. The minimum Gasteiger partial charge on any atom is -0.344 e. The summed E-state index contributed by atoms with van der Waals surface area (Å²) in [5.41, 5.74) is -0.881. The van der Waals surface area contributed by atoms with Crippen molar-refractivity contribution < 1.29 is 22.5 Å². The summed E-state index contributed by atoms with van der Waals surface area (Å²) < 4.78 is 43.4. The maximum absolute atomic E-state index is 12.8. The highest BCUT2D eigenvalue weighted by atomic mass is 19.4. The molecule has 140 valence electrons. The van der Waals surface area contributed by atoms with E-state index in [1.54, 1.807) is 6.92 Å². The fourth-order valence-electron chi connectivity index (χ4n) is 3.01. The molecule has 2 aromatic heterocycles. The molecule has 1 aliphatic carbocycles. The lowest BCUT2D eigenvalue weighted by atomic mass is 9.88. The molecular weight excluding hydrogens is 349 g/mol. The van der Waals surface area contributed by atoms with E-state index in [1.165, 1.54) is 6.07 Å². The van der Waals surface area contributed by atoms with Crippen molar-refractivity contribution in [2.45, 2.75) is 51.2 Å². The van der Waals surface area contributed by atoms with Gasteiger partial charge in [-0.05, 0) is 31.9 Å². The molecule has 0 aliphatic heterocycles. The van der Waals surface area contributed by atoms with Crippen LogP contribution in [0.15, 0.2) is 22.9 Å². The Labute approximate surface area is 148 Å². The van der Waals surface area contributed by atoms with Crippen molar-refractivity contribution in [2.75, 3.05) is 0 Å². The fraction of sp³-hybridized carbons (Fsp3) is 0.529. The second-order valence-corrected chi connectivity index (χ2v) is 6.45. The summed E-state index contributed by atoms with van der Waals surface area (Å²) in [5.74, 6) is 0.101. The van der Waals surface area contributed by atoms with E-state index >= 15 is 0 Å². The van der Waals surface area contributed by atoms with E-state index in [4.69, 9.17) is 4.52 Å². The molecule has 26 heavy (non-hydrogen) atoms. The van der Waals surface area contributed by atoms with Crippen molar-refractivity contribution in [3.63, 3.8) is 0 Å². The number of nitrogens with one attached hydrogen (secondary N) is 1. The molecule has 0 unspecified atom stereocenters. The summed E-state index contributed by atoms with van der Waals surface area (Å²) in [4.78, 5) is 19.7. The lowest BCUT2D eigenvalue weighted by Gasteiger charge is -2.22. The van der Waals surface area contributed by atoms with Crippen LogP contribution in [-0.4, -0.2) is 21.0 Å². The number of halogens is 3. The number of rotatable bonds is 4. The molecule has 1 N–H and O–H groups in total. The van der Waals surface area contributed by atoms with E-state index in [2.05, 4.69) is 20.4 Å². The van der Waals surface area contributed by atoms with Gasteiger partial charge in [0.2, 0.25) is 17.6 Å². The fourth-order valence-corrected chi connectivity index (χ4v) is 3.01. The third-order valence-electron chi connectivity index (χ3n) is 4.46. The lowest BCUT2D eigenvalue weighted by molar-refractivity contribution is -0.141. The quantitative estimate of drug-likeness (QED) is 0.885. The highest BCUT2D eigenvalue weighted by Gasteiger charge is 2.33. The summed E-state index contributed by atoms with van der Waals surface area (Å²) in [6, 6.07) is 1.71. The Bertz CT molecular complexity index is 769. The standard InChI is InChI=1S/C17H19F3N4O2/c1-10(22-15(25)11-5-3-2-4-6-11)16-23-14(24-26-16)12-7-8-21-13(9-12)17(18,19)20/h7-11H,2-6H2,1H3,(H,22,25)/t10-/m0/s1. The summed E-state index contributed by atoms with van der Waals surface area (Å²) in [6.07, 6.45) is 1.46. The van der Waals surface area contributed by atoms with Crippen LogP contribution in [0.25, 0.3) is 11.4 Å². The molecule has 1 aliphatic rings. The Morgan fingerprint density at radius 2 is 2.04 bits per heavy atom. The molecule has 1 saturated carbocycles. The highest BCUT2D eigenvalue weighted by molar-refractivity contribution is 5.79. The van der Waals surface area contributed by atoms with Crippen molar-refractivity contribution in [1.82, 2.24) is 20.4 Å². The van der Waals surface area contributed by atoms with Gasteiger partial charge in [-0.3, -0.25) is 9.78 Å². The van der Waals surface area contributed by atoms with E-state index in [1.807, 2.05) is 0 Å². The van der Waals surface area contributed by atoms with Gasteiger partial charge < -0.3 is 9.84 Å². The predicted molar refractivity (Wildman–Crippen MR) is 85.7 cm³/mol. The third kappa shape index (κ3) is 4.20. The molecule has 1 atom stereocenters. The number of pyridine rings is 1. The van der Waals surface area contributed by atoms with Gasteiger partial charge in [0.1, 0.15) is 11.7 Å². The average molecular weight is 368 g/mol. The molecule has 2 aromatic rings. The third-order valence-corrected chi connectivity index (χ3v) is 4.46. The van der Waals surface area contributed by atoms with Gasteiger partial charge in [-0.1, -0.05) is 24.4 Å². The topological polar surface area (TPSA) is 80.9 Å². The maximum atomic E-state index is 12.8. The largest absolute Gasteiger partial charge is 0.433 e. The summed E-state index contributed by atoms with van der Waals surface area (Å²) >= 11 is 0. The van der Waals surface area contributed by atoms with Crippen molar-refractivity contribution in [1.29, 1.82) is 0 Å². The van der Waals surface area contributed by atoms with Crippen molar-refractivity contribution >= 4 is 5.91 Å². The Morgan fingerprint density at radius 1 is 1.31 bits per heavy atom. The zero-order valence-corrected chi connectivity index (χ0v) is 14.2. The van der Waals surface area contributed by atoms with Gasteiger partial charge in [-0.25, -0.2) is 0 Å². The number of hydrogen-bond acceptors (Lipinski definition) is 5. The first-order valence-electron chi connectivity index (χ1n) is 8.52. The molecule has 0 radical (unpaired) electrons. The molecule has 0 bridgehead atoms. The zero-order chi connectivity index (χ0) is 18.7. The smallest absolute Gasteiger partial charge is 0.344 e. The summed E-state index contributed by atoms with van der Waals surface area (Å²) in [5, 5.41) is 6.56. The first-order valence-corrected chi connectivity index (χ1v) is 8.52. The number of amides is 1. The normalized spacial score (nSPS) is 17.1. The molecule has 0 aromatic carbocycles. The monoisotopic (exact) mass is 368 g/mol. The van der Waals surface area contributed by atoms with E-state index in [0.717, 1.165) is 44.4 Å². The number of nitrogens with zero attached hydrogens (tertiary/aromatic N) is 3. The van der Waals surface area contributed by atoms with E-state index < -0.39 is 17.9 Å². The summed E-state index contributed by atoms with van der Waals surface area (Å²) in [6.45, 7) is 1.70. The second-order valence-electron chi connectivity index (χ2n) is 6.45. The van der Waals surface area contributed by atoms with E-state index in [-0.39, 0.29) is 29.1 Å². The molecule has 6 nitrogen and oxygen atoms in total. The zero-order valence-electron chi connectivity index (χ0n) is 14.2. The van der Waals surface area contributed by atoms with Crippen LogP contribution in [0.3, 0.4) is 0 Å². The Kier molecular flexibility index (Phi) is 5.24. The van der Waals surface area contributed by atoms with Gasteiger partial charge in [0, 0.05) is 17.7 Å². The SMILES string of the molecule is C[C@H](NC(=O)C1CCCCC1)c1nc(-c2ccnc(C(F)(F)F)c2)no1. The predicted octanol–water partition coefficient (Wildman–Crippen LogP) is 3.91. The van der Waals surface area contributed by atoms with Gasteiger partial charge in [0.15, 0.2) is 0 Å². The van der Waals surface area contributed by atoms with Gasteiger partial charge >= 0.3 is 6.18 Å². The number of aromatic nitrogens is 3. The van der Waals surface area contributed by atoms with Gasteiger partial charge in [0.25, 0.3) is 0 Å².